The number of amides is 2. The van der Waals surface area contributed by atoms with Crippen molar-refractivity contribution in [2.45, 2.75) is 72.6 Å². The zero-order valence-electron chi connectivity index (χ0n) is 20.7. The van der Waals surface area contributed by atoms with E-state index in [-0.39, 0.29) is 11.7 Å². The normalized spacial score (nSPS) is 12.1. The molecule has 9 heteroatoms. The lowest BCUT2D eigenvalue weighted by Crippen LogP contribution is -2.51. The monoisotopic (exact) mass is 472 g/mol. The van der Waals surface area contributed by atoms with E-state index in [2.05, 4.69) is 41.8 Å². The van der Waals surface area contributed by atoms with Gasteiger partial charge in [0.25, 0.3) is 0 Å². The number of thiol groups is 1. The van der Waals surface area contributed by atoms with Gasteiger partial charge in [0.1, 0.15) is 5.75 Å². The summed E-state index contributed by atoms with van der Waals surface area (Å²) in [7, 11) is 1.29. The molecule has 1 aromatic rings. The Hall–Kier alpha value is -2.26. The first-order valence-electron chi connectivity index (χ1n) is 10.4. The zero-order chi connectivity index (χ0) is 25.5. The van der Waals surface area contributed by atoms with Gasteiger partial charge in [0.15, 0.2) is 0 Å². The first-order chi connectivity index (χ1) is 14.8. The number of methoxy groups -OCH3 is 1. The Morgan fingerprint density at radius 2 is 1.56 bits per heavy atom. The van der Waals surface area contributed by atoms with Gasteiger partial charge in [-0.25, -0.2) is 9.59 Å². The number of hydrogen-bond acceptors (Lipinski definition) is 7. The Morgan fingerprint density at radius 3 is 1.94 bits per heavy atom. The molecule has 0 bridgehead atoms. The summed E-state index contributed by atoms with van der Waals surface area (Å²) in [4.78, 5) is 33.4. The Bertz CT molecular complexity index is 690. The number of esters is 1. The molecule has 0 radical (unpaired) electrons. The van der Waals surface area contributed by atoms with Crippen molar-refractivity contribution in [2.24, 2.45) is 5.92 Å². The molecule has 0 fully saturated rings. The number of nitrogens with one attached hydrogen (secondary N) is 2. The summed E-state index contributed by atoms with van der Waals surface area (Å²) < 4.78 is 9.62. The molecule has 0 saturated carbocycles. The first kappa shape index (κ1) is 31.9. The highest BCUT2D eigenvalue weighted by atomic mass is 32.1. The minimum Gasteiger partial charge on any atom is -0.465 e. The van der Waals surface area contributed by atoms with Crippen LogP contribution in [0.2, 0.25) is 0 Å². The fourth-order valence-corrected chi connectivity index (χ4v) is 2.39. The van der Waals surface area contributed by atoms with E-state index < -0.39 is 23.7 Å². The second-order valence-electron chi connectivity index (χ2n) is 8.16. The van der Waals surface area contributed by atoms with Crippen molar-refractivity contribution in [3.05, 3.63) is 29.8 Å². The summed E-state index contributed by atoms with van der Waals surface area (Å²) in [5.74, 6) is 0.544. The summed E-state index contributed by atoms with van der Waals surface area (Å²) in [6, 6.07) is 6.28. The number of carbonyl (C=O) groups excluding carboxylic acids is 3. The number of hydrogen-bond donors (Lipinski definition) is 4. The maximum atomic E-state index is 11.7. The van der Waals surface area contributed by atoms with Gasteiger partial charge in [0.05, 0.1) is 24.3 Å². The van der Waals surface area contributed by atoms with Crippen LogP contribution in [-0.4, -0.2) is 54.1 Å². The SMILES string of the molecule is CC(=O)NC(C)CC(C)C.COC(=O)c1ccc(OC(=O)NC(C)(C)C(C)O)cc1.CS. The zero-order valence-corrected chi connectivity index (χ0v) is 21.6. The van der Waals surface area contributed by atoms with E-state index in [9.17, 15) is 19.5 Å². The smallest absolute Gasteiger partial charge is 0.413 e. The summed E-state index contributed by atoms with van der Waals surface area (Å²) >= 11 is 3.53. The van der Waals surface area contributed by atoms with Crippen molar-refractivity contribution in [2.75, 3.05) is 13.4 Å². The van der Waals surface area contributed by atoms with Crippen molar-refractivity contribution in [3.63, 3.8) is 0 Å². The maximum Gasteiger partial charge on any atom is 0.413 e. The van der Waals surface area contributed by atoms with Gasteiger partial charge in [0.2, 0.25) is 5.91 Å². The number of ether oxygens (including phenoxy) is 2. The molecule has 8 nitrogen and oxygen atoms in total. The van der Waals surface area contributed by atoms with Crippen molar-refractivity contribution >= 4 is 30.6 Å². The van der Waals surface area contributed by atoms with Crippen molar-refractivity contribution in [1.82, 2.24) is 10.6 Å². The fourth-order valence-electron chi connectivity index (χ4n) is 2.39. The van der Waals surface area contributed by atoms with Crippen LogP contribution in [0.25, 0.3) is 0 Å². The third-order valence-corrected chi connectivity index (χ3v) is 4.23. The summed E-state index contributed by atoms with van der Waals surface area (Å²) in [6.45, 7) is 12.8. The average molecular weight is 473 g/mol. The minimum absolute atomic E-state index is 0.0631. The van der Waals surface area contributed by atoms with E-state index in [0.717, 1.165) is 6.42 Å². The Kier molecular flexibility index (Phi) is 16.3. The third-order valence-electron chi connectivity index (χ3n) is 4.23. The summed E-state index contributed by atoms with van der Waals surface area (Å²) in [6.07, 6.45) is 1.35. The number of aliphatic hydroxyl groups excluding tert-OH is 1. The quantitative estimate of drug-likeness (QED) is 0.354. The number of benzene rings is 1. The largest absolute Gasteiger partial charge is 0.465 e. The van der Waals surface area contributed by atoms with Crippen LogP contribution >= 0.6 is 12.6 Å². The molecule has 2 atom stereocenters. The lowest BCUT2D eigenvalue weighted by Gasteiger charge is -2.28. The second kappa shape index (κ2) is 16.4. The van der Waals surface area contributed by atoms with Gasteiger partial charge >= 0.3 is 12.1 Å². The van der Waals surface area contributed by atoms with Crippen LogP contribution in [0.1, 0.15) is 65.2 Å². The topological polar surface area (TPSA) is 114 Å². The summed E-state index contributed by atoms with van der Waals surface area (Å²) in [5, 5.41) is 14.9. The number of aliphatic hydroxyl groups is 1. The van der Waals surface area contributed by atoms with Crippen molar-refractivity contribution < 1.29 is 29.0 Å². The highest BCUT2D eigenvalue weighted by Crippen LogP contribution is 2.14. The van der Waals surface area contributed by atoms with E-state index in [4.69, 9.17) is 4.74 Å². The molecule has 184 valence electrons. The van der Waals surface area contributed by atoms with E-state index in [1.807, 2.05) is 6.92 Å². The van der Waals surface area contributed by atoms with Crippen LogP contribution in [0.4, 0.5) is 4.79 Å². The van der Waals surface area contributed by atoms with Crippen molar-refractivity contribution in [3.8, 4) is 5.75 Å². The van der Waals surface area contributed by atoms with Crippen LogP contribution in [0, 0.1) is 5.92 Å². The molecule has 3 N–H and O–H groups in total. The highest BCUT2D eigenvalue weighted by molar-refractivity contribution is 7.79. The average Bonchev–Trinajstić information content (AvgIpc) is 2.68. The number of rotatable bonds is 7. The van der Waals surface area contributed by atoms with E-state index >= 15 is 0 Å². The van der Waals surface area contributed by atoms with E-state index in [1.165, 1.54) is 31.4 Å². The molecule has 1 aromatic carbocycles. The molecule has 0 heterocycles. The molecule has 0 aliphatic rings. The van der Waals surface area contributed by atoms with Crippen LogP contribution in [0.5, 0.6) is 5.75 Å². The van der Waals surface area contributed by atoms with Gasteiger partial charge in [0, 0.05) is 13.0 Å². The molecule has 1 rings (SSSR count). The predicted octanol–water partition coefficient (Wildman–Crippen LogP) is 3.82. The molecule has 2 unspecified atom stereocenters. The lowest BCUT2D eigenvalue weighted by molar-refractivity contribution is -0.119. The third kappa shape index (κ3) is 14.7. The molecule has 0 spiro atoms. The van der Waals surface area contributed by atoms with Gasteiger partial charge in [-0.05, 0) is 70.6 Å². The Morgan fingerprint density at radius 1 is 1.06 bits per heavy atom. The van der Waals surface area contributed by atoms with Crippen molar-refractivity contribution in [1.29, 1.82) is 0 Å². The van der Waals surface area contributed by atoms with Gasteiger partial charge in [-0.15, -0.1) is 0 Å². The Labute approximate surface area is 197 Å². The first-order valence-corrected chi connectivity index (χ1v) is 11.3. The summed E-state index contributed by atoms with van der Waals surface area (Å²) in [5.41, 5.74) is -0.437. The van der Waals surface area contributed by atoms with Crippen LogP contribution < -0.4 is 15.4 Å². The maximum absolute atomic E-state index is 11.7. The fraction of sp³-hybridized carbons (Fsp3) is 0.609. The predicted molar refractivity (Wildman–Crippen MR) is 130 cm³/mol. The minimum atomic E-state index is -0.803. The lowest BCUT2D eigenvalue weighted by atomic mass is 9.99. The van der Waals surface area contributed by atoms with Gasteiger partial charge in [-0.3, -0.25) is 4.79 Å². The standard InChI is InChI=1S/C14H19NO5.C8H17NO.CH4S/c1-9(16)14(2,3)15-13(18)20-11-7-5-10(6-8-11)12(17)19-4;1-6(2)5-7(3)9-8(4)10;1-2/h5-9,16H,1-4H3,(H,15,18);6-7H,5H2,1-4H3,(H,9,10);2H,1H3. The van der Waals surface area contributed by atoms with Gasteiger partial charge < -0.3 is 25.2 Å². The van der Waals surface area contributed by atoms with Crippen LogP contribution in [-0.2, 0) is 9.53 Å². The van der Waals surface area contributed by atoms with Gasteiger partial charge in [-0.1, -0.05) is 13.8 Å². The second-order valence-corrected chi connectivity index (χ2v) is 8.16. The Balaban J connectivity index is 0. The van der Waals surface area contributed by atoms with E-state index in [1.54, 1.807) is 34.0 Å². The molecule has 0 aromatic heterocycles. The number of carbonyl (C=O) groups is 3. The van der Waals surface area contributed by atoms with Crippen LogP contribution in [0.3, 0.4) is 0 Å². The van der Waals surface area contributed by atoms with Gasteiger partial charge in [-0.2, -0.15) is 12.6 Å². The molecule has 0 aliphatic heterocycles. The molecular weight excluding hydrogens is 432 g/mol. The molecule has 2 amide bonds. The molecular formula is C23H40N2O6S. The van der Waals surface area contributed by atoms with Crippen LogP contribution in [0.15, 0.2) is 24.3 Å². The molecule has 0 aliphatic carbocycles. The molecule has 32 heavy (non-hydrogen) atoms. The van der Waals surface area contributed by atoms with E-state index in [0.29, 0.717) is 17.5 Å². The highest BCUT2D eigenvalue weighted by Gasteiger charge is 2.26. The molecule has 0 saturated heterocycles.